The lowest BCUT2D eigenvalue weighted by Crippen LogP contribution is -2.61. The summed E-state index contributed by atoms with van der Waals surface area (Å²) in [5.74, 6) is 0. The Hall–Kier alpha value is -1.83. The molecule has 2 heterocycles. The van der Waals surface area contributed by atoms with Crippen molar-refractivity contribution in [3.8, 4) is 0 Å². The number of rotatable bonds is 5. The minimum absolute atomic E-state index is 0.280. The molecule has 2 aromatic carbocycles. The summed E-state index contributed by atoms with van der Waals surface area (Å²) in [7, 11) is 1.42. The van der Waals surface area contributed by atoms with Crippen LogP contribution in [0.1, 0.15) is 17.4 Å². The first kappa shape index (κ1) is 18.5. The number of fused-ring (bicyclic) bond motifs is 1. The van der Waals surface area contributed by atoms with Crippen molar-refractivity contribution in [1.82, 2.24) is 0 Å². The van der Waals surface area contributed by atoms with Crippen molar-refractivity contribution in [2.75, 3.05) is 13.7 Å². The minimum atomic E-state index is -1.46. The summed E-state index contributed by atoms with van der Waals surface area (Å²) in [6.07, 6.45) is -4.91. The maximum Gasteiger partial charge on any atom is 0.191 e. The van der Waals surface area contributed by atoms with Crippen molar-refractivity contribution in [2.45, 2.75) is 43.7 Å². The first-order valence-corrected chi connectivity index (χ1v) is 9.06. The lowest BCUT2D eigenvalue weighted by molar-refractivity contribution is -0.356. The molecule has 2 aliphatic rings. The van der Waals surface area contributed by atoms with Crippen LogP contribution in [0.5, 0.6) is 0 Å². The second kappa shape index (κ2) is 8.46. The molecule has 6 atom stereocenters. The minimum Gasteiger partial charge on any atom is -0.367 e. The highest BCUT2D eigenvalue weighted by Crippen LogP contribution is 2.36. The molecule has 6 heteroatoms. The molecular formula is C21H23FO5. The zero-order valence-electron chi connectivity index (χ0n) is 15.1. The van der Waals surface area contributed by atoms with E-state index in [1.54, 1.807) is 0 Å². The fourth-order valence-electron chi connectivity index (χ4n) is 3.46. The van der Waals surface area contributed by atoms with Gasteiger partial charge >= 0.3 is 0 Å². The highest BCUT2D eigenvalue weighted by atomic mass is 19.1. The van der Waals surface area contributed by atoms with Gasteiger partial charge in [-0.05, 0) is 5.56 Å². The van der Waals surface area contributed by atoms with Gasteiger partial charge in [-0.3, -0.25) is 0 Å². The van der Waals surface area contributed by atoms with Crippen molar-refractivity contribution in [3.05, 3.63) is 71.8 Å². The van der Waals surface area contributed by atoms with Crippen LogP contribution >= 0.6 is 0 Å². The van der Waals surface area contributed by atoms with Gasteiger partial charge in [0.1, 0.15) is 18.3 Å². The predicted octanol–water partition coefficient (Wildman–Crippen LogP) is 3.40. The SMILES string of the molecule is CO[C@@H]1O[C@@H]2CO[C@@H](c3ccccc3)O[C@H]2[C@H](OCc2ccccc2)[C@H]1F. The van der Waals surface area contributed by atoms with Gasteiger partial charge in [0.2, 0.25) is 0 Å². The van der Waals surface area contributed by atoms with Gasteiger partial charge in [-0.1, -0.05) is 60.7 Å². The third-order valence-electron chi connectivity index (χ3n) is 4.85. The predicted molar refractivity (Wildman–Crippen MR) is 95.6 cm³/mol. The van der Waals surface area contributed by atoms with Gasteiger partial charge in [0.15, 0.2) is 18.8 Å². The first-order valence-electron chi connectivity index (χ1n) is 9.06. The van der Waals surface area contributed by atoms with E-state index in [-0.39, 0.29) is 13.2 Å². The van der Waals surface area contributed by atoms with Gasteiger partial charge in [-0.2, -0.15) is 0 Å². The zero-order valence-corrected chi connectivity index (χ0v) is 15.1. The Bertz CT molecular complexity index is 713. The van der Waals surface area contributed by atoms with Crippen LogP contribution in [0.3, 0.4) is 0 Å². The fourth-order valence-corrected chi connectivity index (χ4v) is 3.46. The highest BCUT2D eigenvalue weighted by molar-refractivity contribution is 5.17. The van der Waals surface area contributed by atoms with E-state index in [0.29, 0.717) is 0 Å². The molecule has 0 spiro atoms. The molecule has 2 saturated heterocycles. The Labute approximate surface area is 157 Å². The van der Waals surface area contributed by atoms with Crippen molar-refractivity contribution < 1.29 is 28.1 Å². The number of methoxy groups -OCH3 is 1. The van der Waals surface area contributed by atoms with Gasteiger partial charge in [0, 0.05) is 12.7 Å². The number of hydrogen-bond donors (Lipinski definition) is 0. The van der Waals surface area contributed by atoms with E-state index in [1.807, 2.05) is 60.7 Å². The van der Waals surface area contributed by atoms with Gasteiger partial charge in [-0.25, -0.2) is 4.39 Å². The molecule has 0 saturated carbocycles. The molecule has 0 unspecified atom stereocenters. The number of alkyl halides is 1. The van der Waals surface area contributed by atoms with Crippen molar-refractivity contribution in [3.63, 3.8) is 0 Å². The smallest absolute Gasteiger partial charge is 0.191 e. The zero-order chi connectivity index (χ0) is 18.6. The molecule has 27 heavy (non-hydrogen) atoms. The van der Waals surface area contributed by atoms with Crippen LogP contribution in [-0.4, -0.2) is 44.5 Å². The fraction of sp³-hybridized carbons (Fsp3) is 0.429. The van der Waals surface area contributed by atoms with E-state index >= 15 is 4.39 Å². The summed E-state index contributed by atoms with van der Waals surface area (Å²) in [6, 6.07) is 19.2. The van der Waals surface area contributed by atoms with E-state index in [9.17, 15) is 0 Å². The highest BCUT2D eigenvalue weighted by Gasteiger charge is 2.51. The van der Waals surface area contributed by atoms with Crippen molar-refractivity contribution in [1.29, 1.82) is 0 Å². The maximum absolute atomic E-state index is 15.0. The number of halogens is 1. The largest absolute Gasteiger partial charge is 0.367 e. The molecule has 4 rings (SSSR count). The van der Waals surface area contributed by atoms with Crippen LogP contribution in [0.4, 0.5) is 4.39 Å². The summed E-state index contributed by atoms with van der Waals surface area (Å²) in [6.45, 7) is 0.563. The molecule has 0 aliphatic carbocycles. The lowest BCUT2D eigenvalue weighted by atomic mass is 9.98. The monoisotopic (exact) mass is 374 g/mol. The van der Waals surface area contributed by atoms with Gasteiger partial charge < -0.3 is 23.7 Å². The van der Waals surface area contributed by atoms with E-state index in [2.05, 4.69) is 0 Å². The Morgan fingerprint density at radius 3 is 2.41 bits per heavy atom. The molecule has 2 aromatic rings. The average molecular weight is 374 g/mol. The Morgan fingerprint density at radius 2 is 1.70 bits per heavy atom. The van der Waals surface area contributed by atoms with E-state index < -0.39 is 37.1 Å². The maximum atomic E-state index is 15.0. The van der Waals surface area contributed by atoms with Gasteiger partial charge in [0.25, 0.3) is 0 Å². The molecule has 2 fully saturated rings. The number of hydrogen-bond acceptors (Lipinski definition) is 5. The molecule has 0 N–H and O–H groups in total. The topological polar surface area (TPSA) is 46.2 Å². The van der Waals surface area contributed by atoms with E-state index in [4.69, 9.17) is 23.7 Å². The van der Waals surface area contributed by atoms with Crippen LogP contribution in [0.2, 0.25) is 0 Å². The molecule has 0 radical (unpaired) electrons. The van der Waals surface area contributed by atoms with Crippen LogP contribution in [0, 0.1) is 0 Å². The standard InChI is InChI=1S/C21H23FO5/c1-23-21-17(22)19(24-12-14-8-4-2-5-9-14)18-16(26-21)13-25-20(27-18)15-10-6-3-7-11-15/h2-11,16-21H,12-13H2,1H3/t16-,17-,18-,19-,20-,21-/m1/s1. The molecule has 0 amide bonds. The second-order valence-corrected chi connectivity index (χ2v) is 6.66. The molecule has 144 valence electrons. The third-order valence-corrected chi connectivity index (χ3v) is 4.85. The summed E-state index contributed by atoms with van der Waals surface area (Å²) >= 11 is 0. The van der Waals surface area contributed by atoms with Crippen LogP contribution in [-0.2, 0) is 30.3 Å². The number of benzene rings is 2. The van der Waals surface area contributed by atoms with Crippen molar-refractivity contribution in [2.24, 2.45) is 0 Å². The second-order valence-electron chi connectivity index (χ2n) is 6.66. The summed E-state index contributed by atoms with van der Waals surface area (Å²) in [4.78, 5) is 0. The van der Waals surface area contributed by atoms with Crippen LogP contribution in [0.25, 0.3) is 0 Å². The van der Waals surface area contributed by atoms with E-state index in [0.717, 1.165) is 11.1 Å². The lowest BCUT2D eigenvalue weighted by Gasteiger charge is -2.46. The molecule has 5 nitrogen and oxygen atoms in total. The molecular weight excluding hydrogens is 351 g/mol. The summed E-state index contributed by atoms with van der Waals surface area (Å²) in [5, 5.41) is 0. The first-order chi connectivity index (χ1) is 13.3. The van der Waals surface area contributed by atoms with Crippen LogP contribution < -0.4 is 0 Å². The van der Waals surface area contributed by atoms with Crippen molar-refractivity contribution >= 4 is 0 Å². The molecule has 0 bridgehead atoms. The molecule has 0 aromatic heterocycles. The summed E-state index contributed by atoms with van der Waals surface area (Å²) in [5.41, 5.74) is 1.84. The van der Waals surface area contributed by atoms with Gasteiger partial charge in [-0.15, -0.1) is 0 Å². The quantitative estimate of drug-likeness (QED) is 0.803. The van der Waals surface area contributed by atoms with Crippen LogP contribution in [0.15, 0.2) is 60.7 Å². The normalized spacial score (nSPS) is 33.4. The Kier molecular flexibility index (Phi) is 5.80. The average Bonchev–Trinajstić information content (AvgIpc) is 2.74. The molecule has 2 aliphatic heterocycles. The third kappa shape index (κ3) is 4.05. The Balaban J connectivity index is 1.51. The van der Waals surface area contributed by atoms with E-state index in [1.165, 1.54) is 7.11 Å². The number of ether oxygens (including phenoxy) is 5. The van der Waals surface area contributed by atoms with Gasteiger partial charge in [0.05, 0.1) is 13.2 Å². The summed E-state index contributed by atoms with van der Waals surface area (Å²) < 4.78 is 43.7. The Morgan fingerprint density at radius 1 is 1.00 bits per heavy atom.